The van der Waals surface area contributed by atoms with Gasteiger partial charge in [-0.1, -0.05) is 6.07 Å². The van der Waals surface area contributed by atoms with Crippen LogP contribution in [0.4, 0.5) is 26.3 Å². The molecule has 0 atom stereocenters. The van der Waals surface area contributed by atoms with Gasteiger partial charge in [0.1, 0.15) is 0 Å². The van der Waals surface area contributed by atoms with Crippen LogP contribution in [0.1, 0.15) is 11.1 Å². The average molecular weight is 228 g/mol. The Morgan fingerprint density at radius 3 is 1.33 bits per heavy atom. The van der Waals surface area contributed by atoms with Crippen molar-refractivity contribution < 1.29 is 26.3 Å². The highest BCUT2D eigenvalue weighted by atomic mass is 19.4. The van der Waals surface area contributed by atoms with Crippen LogP contribution in [-0.4, -0.2) is 8.41 Å². The molecule has 0 aliphatic carbocycles. The Balaban J connectivity index is 0.00000196. The number of halogens is 6. The van der Waals surface area contributed by atoms with Gasteiger partial charge in [0, 0.05) is 0 Å². The summed E-state index contributed by atoms with van der Waals surface area (Å²) in [5.74, 6) is 0. The Morgan fingerprint density at radius 1 is 0.733 bits per heavy atom. The highest BCUT2D eigenvalue weighted by Gasteiger charge is 2.35. The normalized spacial score (nSPS) is 12.1. The van der Waals surface area contributed by atoms with Crippen LogP contribution >= 0.6 is 0 Å². The largest absolute Gasteiger partial charge is 0.416 e. The molecule has 0 bridgehead atoms. The standard InChI is InChI=1S/C8H4F6.BH3/c9-7(10,11)5-2-1-3-6(4-5)8(12,13)14;/h1-4H;1H3. The van der Waals surface area contributed by atoms with Crippen LogP contribution in [-0.2, 0) is 12.4 Å². The second-order valence-electron chi connectivity index (χ2n) is 2.58. The third kappa shape index (κ3) is 3.49. The van der Waals surface area contributed by atoms with Gasteiger partial charge < -0.3 is 0 Å². The molecule has 0 saturated carbocycles. The minimum Gasteiger partial charge on any atom is -0.166 e. The lowest BCUT2D eigenvalue weighted by molar-refractivity contribution is -0.143. The van der Waals surface area contributed by atoms with E-state index < -0.39 is 23.5 Å². The number of hydrogen-bond acceptors (Lipinski definition) is 0. The van der Waals surface area contributed by atoms with Gasteiger partial charge in [-0.05, 0) is 18.2 Å². The first-order chi connectivity index (χ1) is 6.21. The second kappa shape index (κ2) is 4.16. The van der Waals surface area contributed by atoms with E-state index in [0.717, 1.165) is 6.07 Å². The van der Waals surface area contributed by atoms with Gasteiger partial charge in [0.05, 0.1) is 19.5 Å². The second-order valence-corrected chi connectivity index (χ2v) is 2.58. The summed E-state index contributed by atoms with van der Waals surface area (Å²) in [6, 6.07) is 2.00. The number of hydrogen-bond donors (Lipinski definition) is 0. The molecule has 1 aromatic rings. The molecule has 0 unspecified atom stereocenters. The minimum atomic E-state index is -4.75. The van der Waals surface area contributed by atoms with Crippen molar-refractivity contribution in [3.8, 4) is 0 Å². The van der Waals surface area contributed by atoms with E-state index in [9.17, 15) is 26.3 Å². The van der Waals surface area contributed by atoms with Crippen molar-refractivity contribution in [3.05, 3.63) is 35.4 Å². The fourth-order valence-electron chi connectivity index (χ4n) is 0.872. The summed E-state index contributed by atoms with van der Waals surface area (Å²) in [6.07, 6.45) is -9.50. The van der Waals surface area contributed by atoms with Crippen molar-refractivity contribution in [2.24, 2.45) is 0 Å². The molecule has 0 heterocycles. The number of benzene rings is 1. The lowest BCUT2D eigenvalue weighted by atomic mass is 10.1. The summed E-state index contributed by atoms with van der Waals surface area (Å²) < 4.78 is 71.9. The SMILES string of the molecule is B.FC(F)(F)c1cccc(C(F)(F)F)c1. The van der Waals surface area contributed by atoms with Gasteiger partial charge >= 0.3 is 12.4 Å². The van der Waals surface area contributed by atoms with Crippen molar-refractivity contribution in [3.63, 3.8) is 0 Å². The van der Waals surface area contributed by atoms with Gasteiger partial charge in [-0.2, -0.15) is 26.3 Å². The molecule has 1 rings (SSSR count). The summed E-state index contributed by atoms with van der Waals surface area (Å²) in [5.41, 5.74) is -2.60. The zero-order chi connectivity index (χ0) is 11.0. The van der Waals surface area contributed by atoms with E-state index in [1.807, 2.05) is 0 Å². The molecular formula is C8H7BF6. The molecule has 84 valence electrons. The highest BCUT2D eigenvalue weighted by Crippen LogP contribution is 2.34. The third-order valence-electron chi connectivity index (χ3n) is 1.52. The van der Waals surface area contributed by atoms with Crippen molar-refractivity contribution in [2.75, 3.05) is 0 Å². The highest BCUT2D eigenvalue weighted by molar-refractivity contribution is 5.75. The Kier molecular flexibility index (Phi) is 3.85. The third-order valence-corrected chi connectivity index (χ3v) is 1.52. The molecule has 0 amide bonds. The van der Waals surface area contributed by atoms with Crippen molar-refractivity contribution in [1.29, 1.82) is 0 Å². The van der Waals surface area contributed by atoms with E-state index in [0.29, 0.717) is 12.1 Å². The summed E-state index contributed by atoms with van der Waals surface area (Å²) in [6.45, 7) is 0. The Bertz CT molecular complexity index is 297. The molecule has 0 fully saturated rings. The Morgan fingerprint density at radius 2 is 1.07 bits per heavy atom. The summed E-state index contributed by atoms with van der Waals surface area (Å²) in [4.78, 5) is 0. The van der Waals surface area contributed by atoms with Crippen LogP contribution in [0.5, 0.6) is 0 Å². The quantitative estimate of drug-likeness (QED) is 0.472. The van der Waals surface area contributed by atoms with Gasteiger partial charge in [-0.3, -0.25) is 0 Å². The molecule has 0 aliphatic rings. The van der Waals surface area contributed by atoms with E-state index in [2.05, 4.69) is 0 Å². The van der Waals surface area contributed by atoms with E-state index in [1.165, 1.54) is 0 Å². The van der Waals surface area contributed by atoms with E-state index in [4.69, 9.17) is 0 Å². The van der Waals surface area contributed by atoms with Crippen LogP contribution in [0.25, 0.3) is 0 Å². The Hall–Kier alpha value is -1.14. The molecule has 0 nitrogen and oxygen atoms in total. The number of rotatable bonds is 0. The first-order valence-corrected chi connectivity index (χ1v) is 3.46. The summed E-state index contributed by atoms with van der Waals surface area (Å²) in [7, 11) is 0. The summed E-state index contributed by atoms with van der Waals surface area (Å²) >= 11 is 0. The van der Waals surface area contributed by atoms with E-state index in [1.54, 1.807) is 0 Å². The average Bonchev–Trinajstić information content (AvgIpc) is 2.01. The minimum absolute atomic E-state index is 0. The predicted molar refractivity (Wildman–Crippen MR) is 46.4 cm³/mol. The Labute approximate surface area is 83.5 Å². The van der Waals surface area contributed by atoms with Crippen LogP contribution in [0, 0.1) is 0 Å². The van der Waals surface area contributed by atoms with Gasteiger partial charge in [-0.25, -0.2) is 0 Å². The molecule has 0 radical (unpaired) electrons. The maximum Gasteiger partial charge on any atom is 0.416 e. The van der Waals surface area contributed by atoms with E-state index in [-0.39, 0.29) is 14.5 Å². The molecule has 1 aromatic carbocycles. The maximum atomic E-state index is 12.0. The zero-order valence-corrected chi connectivity index (χ0v) is 6.58. The van der Waals surface area contributed by atoms with Gasteiger partial charge in [-0.15, -0.1) is 0 Å². The topological polar surface area (TPSA) is 0 Å². The van der Waals surface area contributed by atoms with Gasteiger partial charge in [0.25, 0.3) is 0 Å². The lowest BCUT2D eigenvalue weighted by Gasteiger charge is -2.10. The van der Waals surface area contributed by atoms with Crippen LogP contribution in [0.15, 0.2) is 24.3 Å². The van der Waals surface area contributed by atoms with Crippen molar-refractivity contribution >= 4 is 8.41 Å². The molecule has 0 spiro atoms. The molecule has 0 aliphatic heterocycles. The smallest absolute Gasteiger partial charge is 0.166 e. The van der Waals surface area contributed by atoms with Crippen molar-refractivity contribution in [1.82, 2.24) is 0 Å². The zero-order valence-electron chi connectivity index (χ0n) is 6.58. The van der Waals surface area contributed by atoms with Crippen molar-refractivity contribution in [2.45, 2.75) is 12.4 Å². The predicted octanol–water partition coefficient (Wildman–Crippen LogP) is 2.54. The fraction of sp³-hybridized carbons (Fsp3) is 0.250. The number of alkyl halides is 6. The monoisotopic (exact) mass is 228 g/mol. The fourth-order valence-corrected chi connectivity index (χ4v) is 0.872. The van der Waals surface area contributed by atoms with Crippen LogP contribution < -0.4 is 0 Å². The van der Waals surface area contributed by atoms with Gasteiger partial charge in [0.15, 0.2) is 0 Å². The molecule has 7 heteroatoms. The molecular weight excluding hydrogens is 221 g/mol. The molecule has 0 saturated heterocycles. The first kappa shape index (κ1) is 13.9. The van der Waals surface area contributed by atoms with E-state index >= 15 is 0 Å². The molecule has 0 aromatic heterocycles. The first-order valence-electron chi connectivity index (χ1n) is 3.46. The lowest BCUT2D eigenvalue weighted by Crippen LogP contribution is -2.09. The molecule has 0 N–H and O–H groups in total. The van der Waals surface area contributed by atoms with Crippen LogP contribution in [0.3, 0.4) is 0 Å². The van der Waals surface area contributed by atoms with Gasteiger partial charge in [0.2, 0.25) is 0 Å². The maximum absolute atomic E-state index is 12.0. The molecule has 15 heavy (non-hydrogen) atoms. The summed E-state index contributed by atoms with van der Waals surface area (Å²) in [5, 5.41) is 0. The van der Waals surface area contributed by atoms with Crippen LogP contribution in [0.2, 0.25) is 0 Å².